The fourth-order valence-corrected chi connectivity index (χ4v) is 2.68. The molecule has 1 N–H and O–H groups in total. The SMILES string of the molecule is Cc1cccc(C)c1CNC1CCCCC1. The van der Waals surface area contributed by atoms with Gasteiger partial charge in [0.2, 0.25) is 0 Å². The Morgan fingerprint density at radius 2 is 1.69 bits per heavy atom. The number of hydrogen-bond donors (Lipinski definition) is 1. The van der Waals surface area contributed by atoms with Crippen LogP contribution < -0.4 is 5.32 Å². The highest BCUT2D eigenvalue weighted by Crippen LogP contribution is 2.19. The van der Waals surface area contributed by atoms with Crippen LogP contribution in [0.3, 0.4) is 0 Å². The quantitative estimate of drug-likeness (QED) is 0.813. The minimum absolute atomic E-state index is 0.757. The first kappa shape index (κ1) is 11.7. The van der Waals surface area contributed by atoms with Crippen LogP contribution in [-0.2, 0) is 6.54 Å². The van der Waals surface area contributed by atoms with E-state index in [1.54, 1.807) is 0 Å². The average molecular weight is 217 g/mol. The van der Waals surface area contributed by atoms with Gasteiger partial charge in [-0.3, -0.25) is 0 Å². The minimum Gasteiger partial charge on any atom is -0.310 e. The zero-order valence-electron chi connectivity index (χ0n) is 10.6. The molecular weight excluding hydrogens is 194 g/mol. The fraction of sp³-hybridized carbons (Fsp3) is 0.600. The van der Waals surface area contributed by atoms with E-state index in [9.17, 15) is 0 Å². The standard InChI is InChI=1S/C15H23N/c1-12-7-6-8-13(2)15(12)11-16-14-9-4-3-5-10-14/h6-8,14,16H,3-5,9-11H2,1-2H3. The van der Waals surface area contributed by atoms with E-state index in [0.29, 0.717) is 0 Å². The summed E-state index contributed by atoms with van der Waals surface area (Å²) in [6.07, 6.45) is 6.98. The van der Waals surface area contributed by atoms with E-state index in [-0.39, 0.29) is 0 Å². The average Bonchev–Trinajstić information content (AvgIpc) is 2.30. The molecule has 0 radical (unpaired) electrons. The van der Waals surface area contributed by atoms with E-state index >= 15 is 0 Å². The molecule has 1 aromatic rings. The van der Waals surface area contributed by atoms with Gasteiger partial charge in [0.05, 0.1) is 0 Å². The minimum atomic E-state index is 0.757. The maximum atomic E-state index is 3.72. The van der Waals surface area contributed by atoms with Gasteiger partial charge in [0.1, 0.15) is 0 Å². The monoisotopic (exact) mass is 217 g/mol. The van der Waals surface area contributed by atoms with Crippen molar-refractivity contribution in [3.05, 3.63) is 34.9 Å². The molecule has 0 atom stereocenters. The van der Waals surface area contributed by atoms with Crippen molar-refractivity contribution in [3.63, 3.8) is 0 Å². The smallest absolute Gasteiger partial charge is 0.0213 e. The van der Waals surface area contributed by atoms with Gasteiger partial charge in [-0.15, -0.1) is 0 Å². The van der Waals surface area contributed by atoms with E-state index in [0.717, 1.165) is 12.6 Å². The molecule has 1 nitrogen and oxygen atoms in total. The second-order valence-corrected chi connectivity index (χ2v) is 5.09. The number of aryl methyl sites for hydroxylation is 2. The van der Waals surface area contributed by atoms with E-state index < -0.39 is 0 Å². The summed E-state index contributed by atoms with van der Waals surface area (Å²) in [5, 5.41) is 3.72. The van der Waals surface area contributed by atoms with Gasteiger partial charge in [-0.25, -0.2) is 0 Å². The molecule has 88 valence electrons. The first-order chi connectivity index (χ1) is 7.77. The summed E-state index contributed by atoms with van der Waals surface area (Å²) in [6.45, 7) is 5.47. The Balaban J connectivity index is 1.93. The van der Waals surface area contributed by atoms with Crippen LogP contribution in [0.25, 0.3) is 0 Å². The van der Waals surface area contributed by atoms with Crippen LogP contribution in [0, 0.1) is 13.8 Å². The summed E-state index contributed by atoms with van der Waals surface area (Å²) < 4.78 is 0. The molecule has 1 fully saturated rings. The largest absolute Gasteiger partial charge is 0.310 e. The maximum Gasteiger partial charge on any atom is 0.0213 e. The van der Waals surface area contributed by atoms with Crippen molar-refractivity contribution in [2.24, 2.45) is 0 Å². The zero-order chi connectivity index (χ0) is 11.4. The van der Waals surface area contributed by atoms with E-state index in [4.69, 9.17) is 0 Å². The fourth-order valence-electron chi connectivity index (χ4n) is 2.68. The highest BCUT2D eigenvalue weighted by atomic mass is 14.9. The first-order valence-corrected chi connectivity index (χ1v) is 6.56. The highest BCUT2D eigenvalue weighted by molar-refractivity contribution is 5.33. The lowest BCUT2D eigenvalue weighted by molar-refractivity contribution is 0.372. The molecule has 2 rings (SSSR count). The molecule has 1 aliphatic rings. The normalized spacial score (nSPS) is 17.6. The summed E-state index contributed by atoms with van der Waals surface area (Å²) in [5.74, 6) is 0. The van der Waals surface area contributed by atoms with Crippen molar-refractivity contribution in [1.29, 1.82) is 0 Å². The number of nitrogens with one attached hydrogen (secondary N) is 1. The molecular formula is C15H23N. The third kappa shape index (κ3) is 2.85. The summed E-state index contributed by atoms with van der Waals surface area (Å²) in [5.41, 5.74) is 4.33. The summed E-state index contributed by atoms with van der Waals surface area (Å²) in [6, 6.07) is 7.33. The molecule has 1 aromatic carbocycles. The predicted molar refractivity (Wildman–Crippen MR) is 69.6 cm³/mol. The molecule has 0 amide bonds. The molecule has 1 heteroatoms. The van der Waals surface area contributed by atoms with Gasteiger partial charge < -0.3 is 5.32 Å². The summed E-state index contributed by atoms with van der Waals surface area (Å²) in [4.78, 5) is 0. The molecule has 0 spiro atoms. The molecule has 0 saturated heterocycles. The van der Waals surface area contributed by atoms with Gasteiger partial charge in [0.15, 0.2) is 0 Å². The molecule has 0 aromatic heterocycles. The molecule has 0 bridgehead atoms. The van der Waals surface area contributed by atoms with Gasteiger partial charge in [-0.2, -0.15) is 0 Å². The van der Waals surface area contributed by atoms with Crippen LogP contribution in [0.4, 0.5) is 0 Å². The van der Waals surface area contributed by atoms with Gasteiger partial charge in [0, 0.05) is 12.6 Å². The van der Waals surface area contributed by atoms with Gasteiger partial charge >= 0.3 is 0 Å². The Labute approximate surface area is 99.3 Å². The van der Waals surface area contributed by atoms with Crippen LogP contribution in [0.2, 0.25) is 0 Å². The third-order valence-corrected chi connectivity index (χ3v) is 3.82. The third-order valence-electron chi connectivity index (χ3n) is 3.82. The van der Waals surface area contributed by atoms with E-state index in [1.807, 2.05) is 0 Å². The molecule has 0 aliphatic heterocycles. The lowest BCUT2D eigenvalue weighted by Crippen LogP contribution is -2.30. The van der Waals surface area contributed by atoms with Crippen LogP contribution >= 0.6 is 0 Å². The topological polar surface area (TPSA) is 12.0 Å². The zero-order valence-corrected chi connectivity index (χ0v) is 10.6. The summed E-state index contributed by atoms with van der Waals surface area (Å²) >= 11 is 0. The van der Waals surface area contributed by atoms with Crippen molar-refractivity contribution >= 4 is 0 Å². The van der Waals surface area contributed by atoms with Crippen molar-refractivity contribution in [2.75, 3.05) is 0 Å². The molecule has 0 unspecified atom stereocenters. The molecule has 16 heavy (non-hydrogen) atoms. The molecule has 1 saturated carbocycles. The first-order valence-electron chi connectivity index (χ1n) is 6.56. The van der Waals surface area contributed by atoms with Crippen molar-refractivity contribution in [1.82, 2.24) is 5.32 Å². The van der Waals surface area contributed by atoms with E-state index in [2.05, 4.69) is 37.4 Å². The maximum absolute atomic E-state index is 3.72. The highest BCUT2D eigenvalue weighted by Gasteiger charge is 2.13. The Bertz CT molecular complexity index is 317. The van der Waals surface area contributed by atoms with Crippen LogP contribution in [-0.4, -0.2) is 6.04 Å². The number of benzene rings is 1. The molecule has 1 aliphatic carbocycles. The van der Waals surface area contributed by atoms with Crippen molar-refractivity contribution in [3.8, 4) is 0 Å². The van der Waals surface area contributed by atoms with Crippen LogP contribution in [0.5, 0.6) is 0 Å². The van der Waals surface area contributed by atoms with Crippen LogP contribution in [0.15, 0.2) is 18.2 Å². The lowest BCUT2D eigenvalue weighted by Gasteiger charge is -2.23. The number of rotatable bonds is 3. The van der Waals surface area contributed by atoms with Gasteiger partial charge in [0.25, 0.3) is 0 Å². The Kier molecular flexibility index (Phi) is 4.00. The van der Waals surface area contributed by atoms with Crippen molar-refractivity contribution < 1.29 is 0 Å². The predicted octanol–water partition coefficient (Wildman–Crippen LogP) is 3.73. The lowest BCUT2D eigenvalue weighted by atomic mass is 9.95. The Morgan fingerprint density at radius 3 is 2.31 bits per heavy atom. The molecule has 0 heterocycles. The van der Waals surface area contributed by atoms with Gasteiger partial charge in [-0.05, 0) is 43.4 Å². The Hall–Kier alpha value is -0.820. The van der Waals surface area contributed by atoms with Gasteiger partial charge in [-0.1, -0.05) is 37.5 Å². The Morgan fingerprint density at radius 1 is 1.06 bits per heavy atom. The second kappa shape index (κ2) is 5.49. The van der Waals surface area contributed by atoms with Crippen molar-refractivity contribution in [2.45, 2.75) is 58.5 Å². The van der Waals surface area contributed by atoms with Crippen LogP contribution in [0.1, 0.15) is 48.8 Å². The van der Waals surface area contributed by atoms with E-state index in [1.165, 1.54) is 48.8 Å². The second-order valence-electron chi connectivity index (χ2n) is 5.09. The number of hydrogen-bond acceptors (Lipinski definition) is 1. The summed E-state index contributed by atoms with van der Waals surface area (Å²) in [7, 11) is 0.